The Hall–Kier alpha value is -1.51. The van der Waals surface area contributed by atoms with E-state index in [1.165, 1.54) is 7.11 Å². The van der Waals surface area contributed by atoms with Crippen LogP contribution >= 0.6 is 0 Å². The molecule has 9 heteroatoms. The van der Waals surface area contributed by atoms with Crippen molar-refractivity contribution in [2.75, 3.05) is 33.4 Å². The first-order valence-corrected chi connectivity index (χ1v) is 5.19. The Kier molecular flexibility index (Phi) is 7.84. The second-order valence-corrected chi connectivity index (χ2v) is 3.32. The van der Waals surface area contributed by atoms with Crippen molar-refractivity contribution in [3.05, 3.63) is 0 Å². The molecule has 0 rings (SSSR count). The molecule has 106 valence electrons. The van der Waals surface area contributed by atoms with Gasteiger partial charge in [0.25, 0.3) is 0 Å². The van der Waals surface area contributed by atoms with Crippen LogP contribution in [-0.2, 0) is 9.53 Å². The highest BCUT2D eigenvalue weighted by atomic mass is 19.4. The average Bonchev–Trinajstić information content (AvgIpc) is 2.26. The van der Waals surface area contributed by atoms with Crippen LogP contribution in [0.15, 0.2) is 0 Å². The molecule has 0 spiro atoms. The number of methoxy groups -OCH3 is 1. The highest BCUT2D eigenvalue weighted by molar-refractivity contribution is 5.78. The summed E-state index contributed by atoms with van der Waals surface area (Å²) in [6, 6.07) is -0.961. The number of ether oxygens (including phenoxy) is 1. The maximum absolute atomic E-state index is 11.7. The van der Waals surface area contributed by atoms with Crippen molar-refractivity contribution in [1.29, 1.82) is 0 Å². The van der Waals surface area contributed by atoms with Crippen LogP contribution in [0.4, 0.5) is 18.0 Å². The van der Waals surface area contributed by atoms with E-state index in [4.69, 9.17) is 4.74 Å². The van der Waals surface area contributed by atoms with Crippen LogP contribution in [0.2, 0.25) is 0 Å². The van der Waals surface area contributed by atoms with Gasteiger partial charge in [-0.25, -0.2) is 4.79 Å². The van der Waals surface area contributed by atoms with Gasteiger partial charge in [0.05, 0.1) is 6.61 Å². The molecule has 0 aromatic rings. The number of carbonyl (C=O) groups excluding carboxylic acids is 2. The minimum absolute atomic E-state index is 0.0108. The lowest BCUT2D eigenvalue weighted by molar-refractivity contribution is -0.123. The van der Waals surface area contributed by atoms with Crippen molar-refractivity contribution in [2.24, 2.45) is 0 Å². The second kappa shape index (κ2) is 8.56. The fourth-order valence-corrected chi connectivity index (χ4v) is 0.913. The van der Waals surface area contributed by atoms with Gasteiger partial charge in [0.2, 0.25) is 5.91 Å². The molecule has 0 radical (unpaired) electrons. The lowest BCUT2D eigenvalue weighted by atomic mass is 10.4. The molecule has 0 saturated heterocycles. The standard InChI is InChI=1S/C9H16F3N3O3/c1-18-5-4-13-7(16)2-3-14-8(17)15-6-9(10,11)12/h2-6H2,1H3,(H,13,16)(H2,14,15,17). The molecule has 3 N–H and O–H groups in total. The Balaban J connectivity index is 3.53. The van der Waals surface area contributed by atoms with Crippen molar-refractivity contribution in [3.63, 3.8) is 0 Å². The summed E-state index contributed by atoms with van der Waals surface area (Å²) in [6.45, 7) is -0.734. The zero-order valence-electron chi connectivity index (χ0n) is 9.89. The third-order valence-electron chi connectivity index (χ3n) is 1.72. The summed E-state index contributed by atoms with van der Waals surface area (Å²) in [7, 11) is 1.48. The molecule has 0 heterocycles. The van der Waals surface area contributed by atoms with E-state index in [0.29, 0.717) is 13.2 Å². The van der Waals surface area contributed by atoms with Gasteiger partial charge in [0.1, 0.15) is 6.54 Å². The smallest absolute Gasteiger partial charge is 0.383 e. The van der Waals surface area contributed by atoms with Crippen molar-refractivity contribution < 1.29 is 27.5 Å². The molecule has 0 aliphatic carbocycles. The number of alkyl halides is 3. The van der Waals surface area contributed by atoms with Crippen LogP contribution in [0.25, 0.3) is 0 Å². The number of halogens is 3. The van der Waals surface area contributed by atoms with Crippen LogP contribution in [0.5, 0.6) is 0 Å². The second-order valence-electron chi connectivity index (χ2n) is 3.32. The summed E-state index contributed by atoms with van der Waals surface area (Å²) in [6.07, 6.45) is -4.46. The van der Waals surface area contributed by atoms with Crippen LogP contribution in [-0.4, -0.2) is 51.5 Å². The predicted octanol–water partition coefficient (Wildman–Crippen LogP) is 0.000600. The van der Waals surface area contributed by atoms with E-state index in [-0.39, 0.29) is 18.9 Å². The van der Waals surface area contributed by atoms with Crippen LogP contribution in [0, 0.1) is 0 Å². The van der Waals surface area contributed by atoms with Crippen LogP contribution in [0.3, 0.4) is 0 Å². The molecule has 0 fully saturated rings. The Bertz CT molecular complexity index is 272. The number of carbonyl (C=O) groups is 2. The van der Waals surface area contributed by atoms with E-state index in [0.717, 1.165) is 0 Å². The van der Waals surface area contributed by atoms with Crippen molar-refractivity contribution in [3.8, 4) is 0 Å². The number of rotatable bonds is 7. The Morgan fingerprint density at radius 1 is 1.11 bits per heavy atom. The van der Waals surface area contributed by atoms with Gasteiger partial charge in [0, 0.05) is 26.6 Å². The van der Waals surface area contributed by atoms with Gasteiger partial charge in [-0.15, -0.1) is 0 Å². The molecular weight excluding hydrogens is 255 g/mol. The van der Waals surface area contributed by atoms with E-state index in [2.05, 4.69) is 10.6 Å². The summed E-state index contributed by atoms with van der Waals surface area (Å²) in [5.41, 5.74) is 0. The Morgan fingerprint density at radius 2 is 1.78 bits per heavy atom. The molecule has 0 aliphatic rings. The van der Waals surface area contributed by atoms with E-state index in [1.54, 1.807) is 5.32 Å². The van der Waals surface area contributed by atoms with Crippen molar-refractivity contribution >= 4 is 11.9 Å². The van der Waals surface area contributed by atoms with E-state index in [9.17, 15) is 22.8 Å². The Morgan fingerprint density at radius 3 is 2.33 bits per heavy atom. The molecule has 6 nitrogen and oxygen atoms in total. The number of hydrogen-bond acceptors (Lipinski definition) is 3. The van der Waals surface area contributed by atoms with E-state index < -0.39 is 18.8 Å². The third-order valence-corrected chi connectivity index (χ3v) is 1.72. The summed E-state index contributed by atoms with van der Waals surface area (Å²) >= 11 is 0. The lowest BCUT2D eigenvalue weighted by Gasteiger charge is -2.09. The zero-order valence-corrected chi connectivity index (χ0v) is 9.89. The first-order chi connectivity index (χ1) is 8.35. The summed E-state index contributed by atoms with van der Waals surface area (Å²) in [5.74, 6) is -0.317. The molecule has 18 heavy (non-hydrogen) atoms. The van der Waals surface area contributed by atoms with Crippen LogP contribution < -0.4 is 16.0 Å². The molecule has 0 unspecified atom stereocenters. The number of nitrogens with one attached hydrogen (secondary N) is 3. The minimum Gasteiger partial charge on any atom is -0.383 e. The average molecular weight is 271 g/mol. The van der Waals surface area contributed by atoms with Crippen molar-refractivity contribution in [2.45, 2.75) is 12.6 Å². The SMILES string of the molecule is COCCNC(=O)CCNC(=O)NCC(F)(F)F. The number of urea groups is 1. The molecule has 0 saturated carbocycles. The molecule has 0 aliphatic heterocycles. The largest absolute Gasteiger partial charge is 0.405 e. The first-order valence-electron chi connectivity index (χ1n) is 5.19. The molecular formula is C9H16F3N3O3. The van der Waals surface area contributed by atoms with Gasteiger partial charge in [-0.3, -0.25) is 4.79 Å². The van der Waals surface area contributed by atoms with Crippen molar-refractivity contribution in [1.82, 2.24) is 16.0 Å². The summed E-state index contributed by atoms with van der Waals surface area (Å²) in [4.78, 5) is 22.0. The molecule has 0 aromatic heterocycles. The van der Waals surface area contributed by atoms with E-state index >= 15 is 0 Å². The van der Waals surface area contributed by atoms with Crippen LogP contribution in [0.1, 0.15) is 6.42 Å². The fourth-order valence-electron chi connectivity index (χ4n) is 0.913. The summed E-state index contributed by atoms with van der Waals surface area (Å²) < 4.78 is 39.9. The number of hydrogen-bond donors (Lipinski definition) is 3. The lowest BCUT2D eigenvalue weighted by Crippen LogP contribution is -2.42. The third kappa shape index (κ3) is 11.0. The normalized spacial score (nSPS) is 10.9. The molecule has 3 amide bonds. The maximum Gasteiger partial charge on any atom is 0.405 e. The molecule has 0 atom stereocenters. The fraction of sp³-hybridized carbons (Fsp3) is 0.778. The van der Waals surface area contributed by atoms with Gasteiger partial charge in [-0.05, 0) is 0 Å². The molecule has 0 aromatic carbocycles. The number of amides is 3. The van der Waals surface area contributed by atoms with E-state index in [1.807, 2.05) is 0 Å². The quantitative estimate of drug-likeness (QED) is 0.570. The highest BCUT2D eigenvalue weighted by Gasteiger charge is 2.27. The monoisotopic (exact) mass is 271 g/mol. The van der Waals surface area contributed by atoms with Gasteiger partial charge in [-0.1, -0.05) is 0 Å². The minimum atomic E-state index is -4.45. The Labute approximate surface area is 102 Å². The molecule has 0 bridgehead atoms. The predicted molar refractivity (Wildman–Crippen MR) is 57.0 cm³/mol. The van der Waals surface area contributed by atoms with Gasteiger partial charge in [-0.2, -0.15) is 13.2 Å². The topological polar surface area (TPSA) is 79.5 Å². The van der Waals surface area contributed by atoms with Gasteiger partial charge >= 0.3 is 12.2 Å². The first kappa shape index (κ1) is 16.5. The highest BCUT2D eigenvalue weighted by Crippen LogP contribution is 2.11. The summed E-state index contributed by atoms with van der Waals surface area (Å²) in [5, 5.41) is 6.25. The van der Waals surface area contributed by atoms with Gasteiger partial charge in [0.15, 0.2) is 0 Å². The zero-order chi connectivity index (χ0) is 14.0. The van der Waals surface area contributed by atoms with Gasteiger partial charge < -0.3 is 20.7 Å². The maximum atomic E-state index is 11.7.